The summed E-state index contributed by atoms with van der Waals surface area (Å²) in [5.74, 6) is -0.129. The Labute approximate surface area is 81.3 Å². The molecule has 0 radical (unpaired) electrons. The van der Waals surface area contributed by atoms with Gasteiger partial charge in [0.05, 0.1) is 12.0 Å². The Hall–Kier alpha value is -1.42. The van der Waals surface area contributed by atoms with Gasteiger partial charge in [0.15, 0.2) is 0 Å². The van der Waals surface area contributed by atoms with Gasteiger partial charge in [-0.25, -0.2) is 0 Å². The summed E-state index contributed by atoms with van der Waals surface area (Å²) in [5.41, 5.74) is 1.77. The van der Waals surface area contributed by atoms with E-state index in [-0.39, 0.29) is 17.4 Å². The molecule has 4 heteroatoms. The Balaban J connectivity index is 2.29. The number of benzene rings is 1. The molecule has 1 aliphatic rings. The van der Waals surface area contributed by atoms with E-state index < -0.39 is 6.10 Å². The molecule has 0 heterocycles. The van der Waals surface area contributed by atoms with Gasteiger partial charge in [0.1, 0.15) is 0 Å². The summed E-state index contributed by atoms with van der Waals surface area (Å²) in [6, 6.07) is 7.39. The van der Waals surface area contributed by atoms with Crippen LogP contribution in [0.15, 0.2) is 24.3 Å². The minimum atomic E-state index is -0.531. The third kappa shape index (κ3) is 1.48. The molecule has 2 rings (SSSR count). The summed E-state index contributed by atoms with van der Waals surface area (Å²) >= 11 is 0. The summed E-state index contributed by atoms with van der Waals surface area (Å²) in [6.45, 7) is -0.0892. The molecule has 74 valence electrons. The van der Waals surface area contributed by atoms with Gasteiger partial charge in [-0.1, -0.05) is 24.3 Å². The quantitative estimate of drug-likeness (QED) is 0.571. The maximum atomic E-state index is 10.4. The fraction of sp³-hybridized carbons (Fsp3) is 0.400. The minimum Gasteiger partial charge on any atom is -0.388 e. The van der Waals surface area contributed by atoms with Crippen molar-refractivity contribution in [2.45, 2.75) is 18.4 Å². The maximum absolute atomic E-state index is 10.4. The molecular formula is C10H11NO3. The van der Waals surface area contributed by atoms with Crippen LogP contribution in [-0.2, 0) is 0 Å². The fourth-order valence-corrected chi connectivity index (χ4v) is 2.06. The number of fused-ring (bicyclic) bond motifs is 1. The van der Waals surface area contributed by atoms with Gasteiger partial charge in [-0.3, -0.25) is 10.1 Å². The Kier molecular flexibility index (Phi) is 2.21. The maximum Gasteiger partial charge on any atom is 0.210 e. The molecule has 14 heavy (non-hydrogen) atoms. The number of rotatable bonds is 2. The Morgan fingerprint density at radius 2 is 2.07 bits per heavy atom. The first-order valence-corrected chi connectivity index (χ1v) is 4.57. The predicted molar refractivity (Wildman–Crippen MR) is 50.6 cm³/mol. The van der Waals surface area contributed by atoms with Crippen molar-refractivity contribution < 1.29 is 10.0 Å². The third-order valence-corrected chi connectivity index (χ3v) is 2.67. The van der Waals surface area contributed by atoms with Crippen LogP contribution in [0.5, 0.6) is 0 Å². The summed E-state index contributed by atoms with van der Waals surface area (Å²) in [5, 5.41) is 20.0. The van der Waals surface area contributed by atoms with Crippen molar-refractivity contribution in [2.75, 3.05) is 6.54 Å². The van der Waals surface area contributed by atoms with E-state index >= 15 is 0 Å². The van der Waals surface area contributed by atoms with E-state index in [9.17, 15) is 15.2 Å². The molecule has 0 spiro atoms. The summed E-state index contributed by atoms with van der Waals surface area (Å²) in [6.07, 6.45) is -0.0588. The van der Waals surface area contributed by atoms with Gasteiger partial charge in [0.25, 0.3) is 0 Å². The minimum absolute atomic E-state index is 0.0892. The average molecular weight is 193 g/mol. The molecule has 1 aliphatic carbocycles. The van der Waals surface area contributed by atoms with Gasteiger partial charge in [-0.15, -0.1) is 0 Å². The van der Waals surface area contributed by atoms with Crippen molar-refractivity contribution in [3.8, 4) is 0 Å². The third-order valence-electron chi connectivity index (χ3n) is 2.67. The first-order chi connectivity index (χ1) is 6.68. The zero-order chi connectivity index (χ0) is 10.1. The molecule has 0 saturated heterocycles. The predicted octanol–water partition coefficient (Wildman–Crippen LogP) is 1.48. The highest BCUT2D eigenvalue weighted by Gasteiger charge is 2.32. The number of nitro groups is 1. The van der Waals surface area contributed by atoms with E-state index in [1.807, 2.05) is 24.3 Å². The van der Waals surface area contributed by atoms with Crippen LogP contribution < -0.4 is 0 Å². The van der Waals surface area contributed by atoms with Crippen LogP contribution in [-0.4, -0.2) is 16.6 Å². The molecule has 0 aromatic heterocycles. The molecule has 0 saturated carbocycles. The Morgan fingerprint density at radius 3 is 2.71 bits per heavy atom. The topological polar surface area (TPSA) is 63.4 Å². The Bertz CT molecular complexity index is 364. The zero-order valence-corrected chi connectivity index (χ0v) is 7.59. The number of aliphatic hydroxyl groups is 1. The molecule has 0 bridgehead atoms. The van der Waals surface area contributed by atoms with Crippen LogP contribution in [0.4, 0.5) is 0 Å². The van der Waals surface area contributed by atoms with E-state index in [1.54, 1.807) is 0 Å². The second-order valence-electron chi connectivity index (χ2n) is 3.59. The molecule has 1 aromatic carbocycles. The van der Waals surface area contributed by atoms with Crippen LogP contribution >= 0.6 is 0 Å². The van der Waals surface area contributed by atoms with Crippen molar-refractivity contribution in [3.05, 3.63) is 45.5 Å². The van der Waals surface area contributed by atoms with Crippen molar-refractivity contribution >= 4 is 0 Å². The lowest BCUT2D eigenvalue weighted by Gasteiger charge is -2.04. The second-order valence-corrected chi connectivity index (χ2v) is 3.59. The first-order valence-electron chi connectivity index (χ1n) is 4.57. The van der Waals surface area contributed by atoms with Gasteiger partial charge < -0.3 is 5.11 Å². The average Bonchev–Trinajstić information content (AvgIpc) is 2.44. The van der Waals surface area contributed by atoms with Crippen molar-refractivity contribution in [2.24, 2.45) is 0 Å². The first kappa shape index (κ1) is 9.15. The smallest absolute Gasteiger partial charge is 0.210 e. The SMILES string of the molecule is O=[N+]([O-])CC1CC(O)c2ccccc21. The van der Waals surface area contributed by atoms with Gasteiger partial charge in [0.2, 0.25) is 6.54 Å². The molecular weight excluding hydrogens is 182 g/mol. The standard InChI is InChI=1S/C10H11NO3/c12-10-5-7(6-11(13)14)8-3-1-2-4-9(8)10/h1-4,7,10,12H,5-6H2. The number of aliphatic hydroxyl groups excluding tert-OH is 1. The van der Waals surface area contributed by atoms with Crippen LogP contribution in [0.3, 0.4) is 0 Å². The molecule has 2 atom stereocenters. The molecule has 2 unspecified atom stereocenters. The lowest BCUT2D eigenvalue weighted by molar-refractivity contribution is -0.483. The summed E-state index contributed by atoms with van der Waals surface area (Å²) in [7, 11) is 0. The van der Waals surface area contributed by atoms with Crippen LogP contribution in [0.2, 0.25) is 0 Å². The lowest BCUT2D eigenvalue weighted by atomic mass is 10.0. The van der Waals surface area contributed by atoms with Gasteiger partial charge in [-0.05, 0) is 17.5 Å². The van der Waals surface area contributed by atoms with E-state index in [1.165, 1.54) is 0 Å². The fourth-order valence-electron chi connectivity index (χ4n) is 2.06. The monoisotopic (exact) mass is 193 g/mol. The number of hydrogen-bond acceptors (Lipinski definition) is 3. The lowest BCUT2D eigenvalue weighted by Crippen LogP contribution is -2.09. The summed E-state index contributed by atoms with van der Waals surface area (Å²) in [4.78, 5) is 10.1. The van der Waals surface area contributed by atoms with Gasteiger partial charge in [-0.2, -0.15) is 0 Å². The highest BCUT2D eigenvalue weighted by Crippen LogP contribution is 2.39. The van der Waals surface area contributed by atoms with Crippen molar-refractivity contribution in [1.29, 1.82) is 0 Å². The zero-order valence-electron chi connectivity index (χ0n) is 7.59. The number of hydrogen-bond donors (Lipinski definition) is 1. The molecule has 0 aliphatic heterocycles. The van der Waals surface area contributed by atoms with Gasteiger partial charge in [0, 0.05) is 4.92 Å². The largest absolute Gasteiger partial charge is 0.388 e. The molecule has 4 nitrogen and oxygen atoms in total. The van der Waals surface area contributed by atoms with E-state index in [4.69, 9.17) is 0 Å². The van der Waals surface area contributed by atoms with Crippen LogP contribution in [0.1, 0.15) is 29.6 Å². The molecule has 0 fully saturated rings. The van der Waals surface area contributed by atoms with Crippen LogP contribution in [0.25, 0.3) is 0 Å². The van der Waals surface area contributed by atoms with E-state index in [2.05, 4.69) is 0 Å². The Morgan fingerprint density at radius 1 is 1.43 bits per heavy atom. The van der Waals surface area contributed by atoms with E-state index in [0.29, 0.717) is 6.42 Å². The normalized spacial score (nSPS) is 24.6. The van der Waals surface area contributed by atoms with Crippen molar-refractivity contribution in [1.82, 2.24) is 0 Å². The van der Waals surface area contributed by atoms with Crippen molar-refractivity contribution in [3.63, 3.8) is 0 Å². The summed E-state index contributed by atoms with van der Waals surface area (Å²) < 4.78 is 0. The van der Waals surface area contributed by atoms with Crippen LogP contribution in [0, 0.1) is 10.1 Å². The molecule has 0 amide bonds. The number of nitrogens with zero attached hydrogens (tertiary/aromatic N) is 1. The highest BCUT2D eigenvalue weighted by molar-refractivity contribution is 5.36. The van der Waals surface area contributed by atoms with Gasteiger partial charge >= 0.3 is 0 Å². The second kappa shape index (κ2) is 3.38. The highest BCUT2D eigenvalue weighted by atomic mass is 16.6. The molecule has 1 N–H and O–H groups in total. The van der Waals surface area contributed by atoms with E-state index in [0.717, 1.165) is 11.1 Å². The molecule has 1 aromatic rings.